The average molecular weight is 177 g/mol. The van der Waals surface area contributed by atoms with Gasteiger partial charge < -0.3 is 10.4 Å². The number of aliphatic hydroxyl groups is 1. The molecule has 0 aliphatic heterocycles. The van der Waals surface area contributed by atoms with Gasteiger partial charge in [-0.15, -0.1) is 0 Å². The molecule has 13 heavy (non-hydrogen) atoms. The first kappa shape index (κ1) is 8.73. The van der Waals surface area contributed by atoms with Crippen molar-refractivity contribution in [3.8, 4) is 0 Å². The molecule has 1 saturated carbocycles. The van der Waals surface area contributed by atoms with Gasteiger partial charge in [0.1, 0.15) is 0 Å². The van der Waals surface area contributed by atoms with Crippen LogP contribution in [0.1, 0.15) is 18.4 Å². The van der Waals surface area contributed by atoms with Crippen LogP contribution in [0.2, 0.25) is 0 Å². The van der Waals surface area contributed by atoms with Crippen LogP contribution in [-0.2, 0) is 6.54 Å². The van der Waals surface area contributed by atoms with E-state index in [0.29, 0.717) is 0 Å². The van der Waals surface area contributed by atoms with Crippen LogP contribution < -0.4 is 5.32 Å². The minimum Gasteiger partial charge on any atom is -0.389 e. The highest BCUT2D eigenvalue weighted by Gasteiger charge is 2.39. The van der Waals surface area contributed by atoms with E-state index in [4.69, 9.17) is 0 Å². The number of rotatable bonds is 4. The second-order valence-corrected chi connectivity index (χ2v) is 3.81. The Labute approximate surface area is 78.6 Å². The molecule has 2 N–H and O–H groups in total. The molecule has 0 unspecified atom stereocenters. The minimum atomic E-state index is -0.380. The van der Waals surface area contributed by atoms with Crippen LogP contribution in [-0.4, -0.2) is 17.3 Å². The van der Waals surface area contributed by atoms with Gasteiger partial charge in [0.25, 0.3) is 0 Å². The van der Waals surface area contributed by atoms with E-state index in [0.717, 1.165) is 25.9 Å². The Morgan fingerprint density at radius 3 is 2.54 bits per heavy atom. The lowest BCUT2D eigenvalue weighted by atomic mass is 10.2. The van der Waals surface area contributed by atoms with Gasteiger partial charge in [-0.05, 0) is 18.4 Å². The Balaban J connectivity index is 1.74. The van der Waals surface area contributed by atoms with Gasteiger partial charge in [-0.2, -0.15) is 0 Å². The molecule has 1 aromatic carbocycles. The van der Waals surface area contributed by atoms with Gasteiger partial charge >= 0.3 is 0 Å². The predicted molar refractivity (Wildman–Crippen MR) is 52.3 cm³/mol. The van der Waals surface area contributed by atoms with Crippen LogP contribution in [0, 0.1) is 0 Å². The van der Waals surface area contributed by atoms with E-state index in [1.807, 2.05) is 18.2 Å². The number of hydrogen-bond acceptors (Lipinski definition) is 2. The van der Waals surface area contributed by atoms with Crippen molar-refractivity contribution in [3.63, 3.8) is 0 Å². The van der Waals surface area contributed by atoms with E-state index in [9.17, 15) is 5.11 Å². The summed E-state index contributed by atoms with van der Waals surface area (Å²) in [6.45, 7) is 1.57. The topological polar surface area (TPSA) is 32.3 Å². The summed E-state index contributed by atoms with van der Waals surface area (Å²) < 4.78 is 0. The third-order valence-corrected chi connectivity index (χ3v) is 2.45. The average Bonchev–Trinajstić information content (AvgIpc) is 2.86. The number of benzene rings is 1. The van der Waals surface area contributed by atoms with Crippen LogP contribution in [0.3, 0.4) is 0 Å². The molecule has 2 rings (SSSR count). The summed E-state index contributed by atoms with van der Waals surface area (Å²) >= 11 is 0. The molecule has 2 heteroatoms. The van der Waals surface area contributed by atoms with Gasteiger partial charge in [0.05, 0.1) is 5.60 Å². The molecule has 1 aromatic rings. The molecule has 0 radical (unpaired) electrons. The summed E-state index contributed by atoms with van der Waals surface area (Å²) in [7, 11) is 0. The van der Waals surface area contributed by atoms with Gasteiger partial charge in [-0.3, -0.25) is 0 Å². The highest BCUT2D eigenvalue weighted by Crippen LogP contribution is 2.33. The van der Waals surface area contributed by atoms with Crippen LogP contribution in [0.25, 0.3) is 0 Å². The first-order valence-electron chi connectivity index (χ1n) is 4.76. The molecular formula is C11H15NO. The normalized spacial score (nSPS) is 18.5. The molecule has 0 spiro atoms. The van der Waals surface area contributed by atoms with E-state index >= 15 is 0 Å². The standard InChI is InChI=1S/C11H15NO/c13-11(6-7-11)9-12-8-10-4-2-1-3-5-10/h1-5,12-13H,6-9H2. The summed E-state index contributed by atoms with van der Waals surface area (Å²) in [4.78, 5) is 0. The maximum absolute atomic E-state index is 9.54. The van der Waals surface area contributed by atoms with Crippen molar-refractivity contribution < 1.29 is 5.11 Å². The fraction of sp³-hybridized carbons (Fsp3) is 0.455. The quantitative estimate of drug-likeness (QED) is 0.726. The van der Waals surface area contributed by atoms with Gasteiger partial charge in [-0.25, -0.2) is 0 Å². The molecule has 0 bridgehead atoms. The van der Waals surface area contributed by atoms with Crippen molar-refractivity contribution in [2.75, 3.05) is 6.54 Å². The van der Waals surface area contributed by atoms with Gasteiger partial charge in [0.15, 0.2) is 0 Å². The van der Waals surface area contributed by atoms with E-state index in [1.165, 1.54) is 5.56 Å². The second-order valence-electron chi connectivity index (χ2n) is 3.81. The molecule has 0 saturated heterocycles. The maximum Gasteiger partial charge on any atom is 0.0773 e. The molecule has 1 aliphatic carbocycles. The summed E-state index contributed by atoms with van der Waals surface area (Å²) in [5.74, 6) is 0. The molecule has 1 aliphatic rings. The molecule has 0 atom stereocenters. The largest absolute Gasteiger partial charge is 0.389 e. The Bertz CT molecular complexity index is 267. The summed E-state index contributed by atoms with van der Waals surface area (Å²) in [6.07, 6.45) is 1.91. The minimum absolute atomic E-state index is 0.380. The third kappa shape index (κ3) is 2.54. The zero-order valence-electron chi connectivity index (χ0n) is 7.66. The zero-order chi connectivity index (χ0) is 9.15. The Morgan fingerprint density at radius 2 is 1.92 bits per heavy atom. The molecular weight excluding hydrogens is 162 g/mol. The van der Waals surface area contributed by atoms with E-state index in [1.54, 1.807) is 0 Å². The Hall–Kier alpha value is -0.860. The summed E-state index contributed by atoms with van der Waals surface area (Å²) in [6, 6.07) is 10.2. The van der Waals surface area contributed by atoms with Crippen LogP contribution in [0.15, 0.2) is 30.3 Å². The highest BCUT2D eigenvalue weighted by molar-refractivity contribution is 5.14. The molecule has 0 heterocycles. The van der Waals surface area contributed by atoms with Crippen molar-refractivity contribution >= 4 is 0 Å². The molecule has 0 aromatic heterocycles. The lowest BCUT2D eigenvalue weighted by molar-refractivity contribution is 0.147. The van der Waals surface area contributed by atoms with Crippen LogP contribution in [0.5, 0.6) is 0 Å². The molecule has 70 valence electrons. The van der Waals surface area contributed by atoms with Crippen LogP contribution >= 0.6 is 0 Å². The zero-order valence-corrected chi connectivity index (χ0v) is 7.66. The van der Waals surface area contributed by atoms with Crippen molar-refractivity contribution in [1.29, 1.82) is 0 Å². The van der Waals surface area contributed by atoms with E-state index in [-0.39, 0.29) is 5.60 Å². The van der Waals surface area contributed by atoms with E-state index in [2.05, 4.69) is 17.4 Å². The first-order valence-corrected chi connectivity index (χ1v) is 4.76. The lowest BCUT2D eigenvalue weighted by Crippen LogP contribution is -2.27. The molecule has 1 fully saturated rings. The SMILES string of the molecule is OC1(CNCc2ccccc2)CC1. The van der Waals surface area contributed by atoms with Crippen LogP contribution in [0.4, 0.5) is 0 Å². The fourth-order valence-electron chi connectivity index (χ4n) is 1.36. The molecule has 2 nitrogen and oxygen atoms in total. The van der Waals surface area contributed by atoms with Crippen molar-refractivity contribution in [2.24, 2.45) is 0 Å². The summed E-state index contributed by atoms with van der Waals surface area (Å²) in [5.41, 5.74) is 0.890. The fourth-order valence-corrected chi connectivity index (χ4v) is 1.36. The third-order valence-electron chi connectivity index (χ3n) is 2.45. The van der Waals surface area contributed by atoms with Gasteiger partial charge in [0, 0.05) is 13.1 Å². The summed E-state index contributed by atoms with van der Waals surface area (Å²) in [5, 5.41) is 12.8. The van der Waals surface area contributed by atoms with Crippen molar-refractivity contribution in [3.05, 3.63) is 35.9 Å². The number of hydrogen-bond donors (Lipinski definition) is 2. The predicted octanol–water partition coefficient (Wildman–Crippen LogP) is 1.30. The maximum atomic E-state index is 9.54. The van der Waals surface area contributed by atoms with Crippen molar-refractivity contribution in [2.45, 2.75) is 25.0 Å². The smallest absolute Gasteiger partial charge is 0.0773 e. The Kier molecular flexibility index (Phi) is 2.34. The van der Waals surface area contributed by atoms with Crippen molar-refractivity contribution in [1.82, 2.24) is 5.32 Å². The van der Waals surface area contributed by atoms with Gasteiger partial charge in [-0.1, -0.05) is 30.3 Å². The lowest BCUT2D eigenvalue weighted by Gasteiger charge is -2.08. The first-order chi connectivity index (χ1) is 6.29. The van der Waals surface area contributed by atoms with Gasteiger partial charge in [0.2, 0.25) is 0 Å². The Morgan fingerprint density at radius 1 is 1.23 bits per heavy atom. The van der Waals surface area contributed by atoms with E-state index < -0.39 is 0 Å². The number of nitrogens with one attached hydrogen (secondary N) is 1. The monoisotopic (exact) mass is 177 g/mol. The molecule has 0 amide bonds. The highest BCUT2D eigenvalue weighted by atomic mass is 16.3. The second kappa shape index (κ2) is 3.48.